The molecule has 0 bridgehead atoms. The molecule has 2 heterocycles. The molecule has 1 aromatic heterocycles. The molecule has 1 fully saturated rings. The van der Waals surface area contributed by atoms with Crippen molar-refractivity contribution < 1.29 is 19.1 Å². The first-order valence-corrected chi connectivity index (χ1v) is 5.75. The second kappa shape index (κ2) is 5.33. The van der Waals surface area contributed by atoms with Gasteiger partial charge in [-0.2, -0.15) is 0 Å². The van der Waals surface area contributed by atoms with E-state index in [4.69, 9.17) is 14.3 Å². The molecule has 0 spiro atoms. The molecule has 2 rings (SSSR count). The summed E-state index contributed by atoms with van der Waals surface area (Å²) in [5.74, 6) is -0.257. The van der Waals surface area contributed by atoms with E-state index >= 15 is 0 Å². The van der Waals surface area contributed by atoms with Crippen molar-refractivity contribution in [2.75, 3.05) is 20.2 Å². The third-order valence-electron chi connectivity index (χ3n) is 3.08. The summed E-state index contributed by atoms with van der Waals surface area (Å²) in [6.45, 7) is 2.52. The van der Waals surface area contributed by atoms with Crippen LogP contribution < -0.4 is 0 Å². The van der Waals surface area contributed by atoms with E-state index in [1.54, 1.807) is 13.2 Å². The van der Waals surface area contributed by atoms with Crippen molar-refractivity contribution in [2.45, 2.75) is 25.5 Å². The number of methoxy groups -OCH3 is 1. The van der Waals surface area contributed by atoms with Crippen LogP contribution in [0.3, 0.4) is 0 Å². The van der Waals surface area contributed by atoms with E-state index in [0.717, 1.165) is 25.9 Å². The lowest BCUT2D eigenvalue weighted by atomic mass is 10.1. The number of aromatic carboxylic acids is 1. The minimum absolute atomic E-state index is 0.209. The van der Waals surface area contributed by atoms with Crippen LogP contribution in [0.2, 0.25) is 0 Å². The molecule has 1 N–H and O–H groups in total. The molecule has 1 atom stereocenters. The predicted molar refractivity (Wildman–Crippen MR) is 61.0 cm³/mol. The summed E-state index contributed by atoms with van der Waals surface area (Å²) < 4.78 is 10.6. The van der Waals surface area contributed by atoms with Gasteiger partial charge in [0.25, 0.3) is 0 Å². The van der Waals surface area contributed by atoms with E-state index in [2.05, 4.69) is 4.90 Å². The molecule has 1 saturated heterocycles. The molecule has 1 aromatic rings. The highest BCUT2D eigenvalue weighted by atomic mass is 16.5. The van der Waals surface area contributed by atoms with Crippen molar-refractivity contribution in [3.8, 4) is 0 Å². The number of hydrogen-bond acceptors (Lipinski definition) is 4. The van der Waals surface area contributed by atoms with Gasteiger partial charge >= 0.3 is 5.97 Å². The van der Waals surface area contributed by atoms with Crippen molar-refractivity contribution >= 4 is 5.97 Å². The number of ether oxygens (including phenoxy) is 1. The first kappa shape index (κ1) is 12.1. The van der Waals surface area contributed by atoms with E-state index in [1.165, 1.54) is 6.26 Å². The third kappa shape index (κ3) is 3.08. The number of piperidine rings is 1. The monoisotopic (exact) mass is 239 g/mol. The summed E-state index contributed by atoms with van der Waals surface area (Å²) in [4.78, 5) is 12.9. The van der Waals surface area contributed by atoms with Crippen molar-refractivity contribution in [3.63, 3.8) is 0 Å². The summed E-state index contributed by atoms with van der Waals surface area (Å²) in [6.07, 6.45) is 3.75. The summed E-state index contributed by atoms with van der Waals surface area (Å²) in [7, 11) is 1.73. The second-order valence-corrected chi connectivity index (χ2v) is 4.34. The predicted octanol–water partition coefficient (Wildman–Crippen LogP) is 1.59. The van der Waals surface area contributed by atoms with Gasteiger partial charge in [0.2, 0.25) is 0 Å². The topological polar surface area (TPSA) is 62.9 Å². The van der Waals surface area contributed by atoms with Crippen LogP contribution in [0, 0.1) is 0 Å². The first-order chi connectivity index (χ1) is 8.19. The van der Waals surface area contributed by atoms with Crippen LogP contribution in [0.5, 0.6) is 0 Å². The van der Waals surface area contributed by atoms with E-state index < -0.39 is 5.97 Å². The number of rotatable bonds is 4. The normalized spacial score (nSPS) is 21.6. The quantitative estimate of drug-likeness (QED) is 0.864. The highest BCUT2D eigenvalue weighted by Gasteiger charge is 2.20. The van der Waals surface area contributed by atoms with Gasteiger partial charge in [0.05, 0.1) is 18.2 Å². The van der Waals surface area contributed by atoms with Crippen LogP contribution in [-0.2, 0) is 11.3 Å². The van der Waals surface area contributed by atoms with Crippen molar-refractivity contribution in [1.82, 2.24) is 4.90 Å². The Morgan fingerprint density at radius 2 is 2.53 bits per heavy atom. The fourth-order valence-corrected chi connectivity index (χ4v) is 2.15. The number of likely N-dealkylation sites (tertiary alicyclic amines) is 1. The molecule has 0 aromatic carbocycles. The third-order valence-corrected chi connectivity index (χ3v) is 3.08. The van der Waals surface area contributed by atoms with Gasteiger partial charge in [0.1, 0.15) is 12.0 Å². The number of carboxylic acids is 1. The average Bonchev–Trinajstić information content (AvgIpc) is 2.78. The van der Waals surface area contributed by atoms with Gasteiger partial charge in [-0.3, -0.25) is 4.90 Å². The Bertz CT molecular complexity index is 388. The molecule has 5 heteroatoms. The van der Waals surface area contributed by atoms with Crippen molar-refractivity contribution in [3.05, 3.63) is 23.7 Å². The van der Waals surface area contributed by atoms with Gasteiger partial charge < -0.3 is 14.3 Å². The zero-order valence-corrected chi connectivity index (χ0v) is 9.89. The van der Waals surface area contributed by atoms with Crippen LogP contribution in [0.25, 0.3) is 0 Å². The van der Waals surface area contributed by atoms with Crippen molar-refractivity contribution in [1.29, 1.82) is 0 Å². The van der Waals surface area contributed by atoms with E-state index in [1.807, 2.05) is 0 Å². The van der Waals surface area contributed by atoms with E-state index in [0.29, 0.717) is 12.3 Å². The lowest BCUT2D eigenvalue weighted by Crippen LogP contribution is -2.38. The SMILES string of the molecule is COC1CCCN(Cc2cc(C(=O)O)co2)C1. The maximum Gasteiger partial charge on any atom is 0.338 e. The maximum absolute atomic E-state index is 10.7. The minimum Gasteiger partial charge on any atom is -0.478 e. The fraction of sp³-hybridized carbons (Fsp3) is 0.583. The summed E-state index contributed by atoms with van der Waals surface area (Å²) in [5.41, 5.74) is 0.209. The largest absolute Gasteiger partial charge is 0.478 e. The number of furan rings is 1. The summed E-state index contributed by atoms with van der Waals surface area (Å²) >= 11 is 0. The summed E-state index contributed by atoms with van der Waals surface area (Å²) in [6, 6.07) is 1.58. The highest BCUT2D eigenvalue weighted by molar-refractivity contribution is 5.87. The Hall–Kier alpha value is -1.33. The first-order valence-electron chi connectivity index (χ1n) is 5.75. The van der Waals surface area contributed by atoms with Gasteiger partial charge in [0.15, 0.2) is 0 Å². The number of nitrogens with zero attached hydrogens (tertiary/aromatic N) is 1. The molecule has 0 amide bonds. The van der Waals surface area contributed by atoms with Crippen molar-refractivity contribution in [2.24, 2.45) is 0 Å². The van der Waals surface area contributed by atoms with Crippen LogP contribution >= 0.6 is 0 Å². The molecule has 5 nitrogen and oxygen atoms in total. The lowest BCUT2D eigenvalue weighted by Gasteiger charge is -2.31. The van der Waals surface area contributed by atoms with Gasteiger partial charge in [-0.25, -0.2) is 4.79 Å². The standard InChI is InChI=1S/C12H17NO4/c1-16-10-3-2-4-13(6-10)7-11-5-9(8-17-11)12(14)15/h5,8,10H,2-4,6-7H2,1H3,(H,14,15). The Balaban J connectivity index is 1.93. The number of carboxylic acid groups (broad SMARTS) is 1. The van der Waals surface area contributed by atoms with E-state index in [9.17, 15) is 4.79 Å². The zero-order chi connectivity index (χ0) is 12.3. The fourth-order valence-electron chi connectivity index (χ4n) is 2.15. The second-order valence-electron chi connectivity index (χ2n) is 4.34. The molecule has 0 aliphatic carbocycles. The molecule has 0 radical (unpaired) electrons. The van der Waals surface area contributed by atoms with Crippen LogP contribution in [0.1, 0.15) is 29.0 Å². The van der Waals surface area contributed by atoms with Gasteiger partial charge in [-0.15, -0.1) is 0 Å². The Morgan fingerprint density at radius 1 is 1.71 bits per heavy atom. The highest BCUT2D eigenvalue weighted by Crippen LogP contribution is 2.17. The van der Waals surface area contributed by atoms with Gasteiger partial charge in [-0.1, -0.05) is 0 Å². The Labute approximate surface area is 100.0 Å². The summed E-state index contributed by atoms with van der Waals surface area (Å²) in [5, 5.41) is 8.79. The molecule has 1 unspecified atom stereocenters. The smallest absolute Gasteiger partial charge is 0.338 e. The van der Waals surface area contributed by atoms with Gasteiger partial charge in [0, 0.05) is 13.7 Å². The van der Waals surface area contributed by atoms with Crippen LogP contribution in [0.15, 0.2) is 16.7 Å². The van der Waals surface area contributed by atoms with Gasteiger partial charge in [-0.05, 0) is 25.5 Å². The lowest BCUT2D eigenvalue weighted by molar-refractivity contribution is 0.0263. The molecular formula is C12H17NO4. The average molecular weight is 239 g/mol. The van der Waals surface area contributed by atoms with Crippen LogP contribution in [0.4, 0.5) is 0 Å². The number of hydrogen-bond donors (Lipinski definition) is 1. The molecule has 17 heavy (non-hydrogen) atoms. The molecule has 94 valence electrons. The molecule has 0 saturated carbocycles. The van der Waals surface area contributed by atoms with E-state index in [-0.39, 0.29) is 11.7 Å². The minimum atomic E-state index is -0.951. The van der Waals surface area contributed by atoms with Crippen LogP contribution in [-0.4, -0.2) is 42.3 Å². The molecular weight excluding hydrogens is 222 g/mol. The number of carbonyl (C=O) groups is 1. The molecule has 1 aliphatic rings. The Morgan fingerprint density at radius 3 is 3.18 bits per heavy atom. The Kier molecular flexibility index (Phi) is 3.81. The zero-order valence-electron chi connectivity index (χ0n) is 9.89. The maximum atomic E-state index is 10.7. The molecule has 1 aliphatic heterocycles.